The number of hydrogen-bond donors (Lipinski definition) is 1. The number of sulfonamides is 1. The highest BCUT2D eigenvalue weighted by atomic mass is 32.2. The fraction of sp³-hybridized carbons (Fsp3) is 0.133. The molecule has 0 saturated heterocycles. The van der Waals surface area contributed by atoms with Crippen LogP contribution in [0.4, 0.5) is 14.5 Å². The van der Waals surface area contributed by atoms with Crippen LogP contribution in [0.5, 0.6) is 0 Å². The van der Waals surface area contributed by atoms with Gasteiger partial charge in [0.2, 0.25) is 0 Å². The summed E-state index contributed by atoms with van der Waals surface area (Å²) in [5.41, 5.74) is -0.00353. The molecule has 0 aliphatic rings. The summed E-state index contributed by atoms with van der Waals surface area (Å²) >= 11 is 0. The van der Waals surface area contributed by atoms with Crippen LogP contribution in [0.25, 0.3) is 0 Å². The van der Waals surface area contributed by atoms with E-state index in [0.717, 1.165) is 6.07 Å². The lowest BCUT2D eigenvalue weighted by Gasteiger charge is -2.12. The Morgan fingerprint density at radius 3 is 2.48 bits per heavy atom. The van der Waals surface area contributed by atoms with Crippen molar-refractivity contribution in [3.05, 3.63) is 59.7 Å². The molecule has 2 aromatic rings. The third-order valence-corrected chi connectivity index (χ3v) is 4.23. The van der Waals surface area contributed by atoms with Gasteiger partial charge in [0, 0.05) is 0 Å². The molecule has 1 N–H and O–H groups in total. The normalized spacial score (nSPS) is 11.1. The molecule has 0 spiro atoms. The standard InChI is InChI=1S/C15H13F2NO4S/c1-2-22-15(19)11-5-3-4-6-14(11)18-23(20,21)10-7-8-12(16)13(17)9-10/h3-9,18H,2H2,1H3. The van der Waals surface area contributed by atoms with Crippen LogP contribution in [-0.2, 0) is 14.8 Å². The van der Waals surface area contributed by atoms with E-state index in [-0.39, 0.29) is 17.9 Å². The predicted molar refractivity (Wildman–Crippen MR) is 79.6 cm³/mol. The zero-order valence-corrected chi connectivity index (χ0v) is 12.9. The highest BCUT2D eigenvalue weighted by Crippen LogP contribution is 2.22. The number of halogens is 2. The van der Waals surface area contributed by atoms with Gasteiger partial charge in [-0.2, -0.15) is 0 Å². The number of esters is 1. The van der Waals surface area contributed by atoms with Crippen LogP contribution >= 0.6 is 0 Å². The van der Waals surface area contributed by atoms with Crippen LogP contribution < -0.4 is 4.72 Å². The molecule has 0 radical (unpaired) electrons. The summed E-state index contributed by atoms with van der Waals surface area (Å²) in [6.45, 7) is 1.75. The molecule has 0 aliphatic heterocycles. The van der Waals surface area contributed by atoms with E-state index in [9.17, 15) is 22.0 Å². The summed E-state index contributed by atoms with van der Waals surface area (Å²) in [5.74, 6) is -3.14. The molecule has 122 valence electrons. The number of carbonyl (C=O) groups is 1. The summed E-state index contributed by atoms with van der Waals surface area (Å²) < 4.78 is 57.6. The van der Waals surface area contributed by atoms with Gasteiger partial charge in [-0.15, -0.1) is 0 Å². The van der Waals surface area contributed by atoms with Crippen molar-refractivity contribution in [3.63, 3.8) is 0 Å². The van der Waals surface area contributed by atoms with Crippen LogP contribution in [0, 0.1) is 11.6 Å². The summed E-state index contributed by atoms with van der Waals surface area (Å²) in [6, 6.07) is 8.01. The highest BCUT2D eigenvalue weighted by Gasteiger charge is 2.20. The number of para-hydroxylation sites is 1. The minimum Gasteiger partial charge on any atom is -0.462 e. The van der Waals surface area contributed by atoms with Crippen molar-refractivity contribution in [2.24, 2.45) is 0 Å². The molecule has 5 nitrogen and oxygen atoms in total. The van der Waals surface area contributed by atoms with Crippen molar-refractivity contribution in [1.29, 1.82) is 0 Å². The van der Waals surface area contributed by atoms with Gasteiger partial charge in [-0.25, -0.2) is 22.0 Å². The molecule has 0 saturated carbocycles. The van der Waals surface area contributed by atoms with Crippen LogP contribution in [0.3, 0.4) is 0 Å². The first-order chi connectivity index (χ1) is 10.8. The Kier molecular flexibility index (Phi) is 4.95. The zero-order valence-electron chi connectivity index (χ0n) is 12.0. The summed E-state index contributed by atoms with van der Waals surface area (Å²) in [6.07, 6.45) is 0. The van der Waals surface area contributed by atoms with E-state index < -0.39 is 32.5 Å². The SMILES string of the molecule is CCOC(=O)c1ccccc1NS(=O)(=O)c1ccc(F)c(F)c1. The number of ether oxygens (including phenoxy) is 1. The summed E-state index contributed by atoms with van der Waals surface area (Å²) in [5, 5.41) is 0. The quantitative estimate of drug-likeness (QED) is 0.849. The zero-order chi connectivity index (χ0) is 17.0. The molecular weight excluding hydrogens is 328 g/mol. The van der Waals surface area contributed by atoms with Crippen molar-refractivity contribution < 1.29 is 26.7 Å². The van der Waals surface area contributed by atoms with Crippen molar-refractivity contribution in [2.45, 2.75) is 11.8 Å². The maximum absolute atomic E-state index is 13.2. The number of hydrogen-bond acceptors (Lipinski definition) is 4. The second-order valence-corrected chi connectivity index (χ2v) is 6.13. The van der Waals surface area contributed by atoms with Gasteiger partial charge in [0.05, 0.1) is 22.8 Å². The molecule has 0 unspecified atom stereocenters. The first-order valence-electron chi connectivity index (χ1n) is 6.59. The molecule has 0 amide bonds. The Labute approximate surface area is 132 Å². The maximum Gasteiger partial charge on any atom is 0.340 e. The van der Waals surface area contributed by atoms with E-state index in [1.165, 1.54) is 18.2 Å². The fourth-order valence-corrected chi connectivity index (χ4v) is 2.90. The highest BCUT2D eigenvalue weighted by molar-refractivity contribution is 7.92. The molecule has 8 heteroatoms. The maximum atomic E-state index is 13.2. The molecule has 0 bridgehead atoms. The van der Waals surface area contributed by atoms with E-state index in [1.54, 1.807) is 13.0 Å². The van der Waals surface area contributed by atoms with Gasteiger partial charge in [0.1, 0.15) is 0 Å². The Morgan fingerprint density at radius 1 is 1.13 bits per heavy atom. The molecule has 0 heterocycles. The van der Waals surface area contributed by atoms with E-state index in [2.05, 4.69) is 4.72 Å². The Balaban J connectivity index is 2.38. The molecule has 2 rings (SSSR count). The van der Waals surface area contributed by atoms with Crippen molar-refractivity contribution in [3.8, 4) is 0 Å². The predicted octanol–water partition coefficient (Wildman–Crippen LogP) is 2.94. The van der Waals surface area contributed by atoms with Gasteiger partial charge in [-0.1, -0.05) is 12.1 Å². The number of benzene rings is 2. The Bertz CT molecular complexity index is 837. The molecule has 0 atom stereocenters. The average molecular weight is 341 g/mol. The van der Waals surface area contributed by atoms with Crippen LogP contribution in [-0.4, -0.2) is 21.0 Å². The van der Waals surface area contributed by atoms with E-state index in [1.807, 2.05) is 0 Å². The molecule has 0 aromatic heterocycles. The van der Waals surface area contributed by atoms with Crippen LogP contribution in [0.15, 0.2) is 47.4 Å². The van der Waals surface area contributed by atoms with Crippen molar-refractivity contribution in [1.82, 2.24) is 0 Å². The van der Waals surface area contributed by atoms with E-state index >= 15 is 0 Å². The third kappa shape index (κ3) is 3.84. The first-order valence-corrected chi connectivity index (χ1v) is 8.07. The lowest BCUT2D eigenvalue weighted by Crippen LogP contribution is -2.16. The first kappa shape index (κ1) is 16.9. The number of nitrogens with one attached hydrogen (secondary N) is 1. The van der Waals surface area contributed by atoms with Gasteiger partial charge in [-0.05, 0) is 37.3 Å². The third-order valence-electron chi connectivity index (χ3n) is 2.87. The molecule has 0 fully saturated rings. The van der Waals surface area contributed by atoms with E-state index in [0.29, 0.717) is 12.1 Å². The minimum atomic E-state index is -4.19. The topological polar surface area (TPSA) is 72.5 Å². The van der Waals surface area contributed by atoms with Gasteiger partial charge in [0.15, 0.2) is 11.6 Å². The number of rotatable bonds is 5. The van der Waals surface area contributed by atoms with Gasteiger partial charge >= 0.3 is 5.97 Å². The largest absolute Gasteiger partial charge is 0.462 e. The van der Waals surface area contributed by atoms with Gasteiger partial charge in [0.25, 0.3) is 10.0 Å². The van der Waals surface area contributed by atoms with Gasteiger partial charge < -0.3 is 4.74 Å². The Hall–Kier alpha value is -2.48. The van der Waals surface area contributed by atoms with Crippen molar-refractivity contribution in [2.75, 3.05) is 11.3 Å². The molecular formula is C15H13F2NO4S. The number of anilines is 1. The molecule has 23 heavy (non-hydrogen) atoms. The van der Waals surface area contributed by atoms with Gasteiger partial charge in [-0.3, -0.25) is 4.72 Å². The monoisotopic (exact) mass is 341 g/mol. The lowest BCUT2D eigenvalue weighted by molar-refractivity contribution is 0.0527. The fourth-order valence-electron chi connectivity index (χ4n) is 1.81. The minimum absolute atomic E-state index is 0.0144. The summed E-state index contributed by atoms with van der Waals surface area (Å²) in [7, 11) is -4.19. The summed E-state index contributed by atoms with van der Waals surface area (Å²) in [4.78, 5) is 11.4. The smallest absolute Gasteiger partial charge is 0.340 e. The van der Waals surface area contributed by atoms with Crippen molar-refractivity contribution >= 4 is 21.7 Å². The lowest BCUT2D eigenvalue weighted by atomic mass is 10.2. The Morgan fingerprint density at radius 2 is 1.83 bits per heavy atom. The molecule has 0 aliphatic carbocycles. The average Bonchev–Trinajstić information content (AvgIpc) is 2.50. The van der Waals surface area contributed by atoms with E-state index in [4.69, 9.17) is 4.74 Å². The van der Waals surface area contributed by atoms with Crippen LogP contribution in [0.2, 0.25) is 0 Å². The second kappa shape index (κ2) is 6.74. The van der Waals surface area contributed by atoms with Crippen LogP contribution in [0.1, 0.15) is 17.3 Å². The number of carbonyl (C=O) groups excluding carboxylic acids is 1. The second-order valence-electron chi connectivity index (χ2n) is 4.45. The molecule has 2 aromatic carbocycles.